The van der Waals surface area contributed by atoms with E-state index in [9.17, 15) is 9.18 Å². The number of pyridine rings is 1. The van der Waals surface area contributed by atoms with Gasteiger partial charge in [-0.1, -0.05) is 18.2 Å². The Hall–Kier alpha value is -3.35. The minimum absolute atomic E-state index is 0.142. The molecule has 0 atom stereocenters. The van der Waals surface area contributed by atoms with Gasteiger partial charge in [0, 0.05) is 18.9 Å². The van der Waals surface area contributed by atoms with Crippen LogP contribution in [0.25, 0.3) is 0 Å². The average molecular weight is 337 g/mol. The van der Waals surface area contributed by atoms with Crippen LogP contribution in [0.4, 0.5) is 16.0 Å². The van der Waals surface area contributed by atoms with Gasteiger partial charge in [0.15, 0.2) is 5.82 Å². The van der Waals surface area contributed by atoms with Crippen LogP contribution >= 0.6 is 0 Å². The highest BCUT2D eigenvalue weighted by atomic mass is 19.1. The molecule has 1 amide bonds. The molecule has 126 valence electrons. The second kappa shape index (κ2) is 7.96. The molecule has 0 unspecified atom stereocenters. The largest absolute Gasteiger partial charge is 0.364 e. The lowest BCUT2D eigenvalue weighted by Crippen LogP contribution is -2.16. The van der Waals surface area contributed by atoms with Gasteiger partial charge in [-0.05, 0) is 41.5 Å². The first-order valence-electron chi connectivity index (χ1n) is 7.70. The number of rotatable bonds is 6. The van der Waals surface area contributed by atoms with Gasteiger partial charge in [0.1, 0.15) is 11.6 Å². The number of anilines is 2. The van der Waals surface area contributed by atoms with Crippen LogP contribution in [0.15, 0.2) is 60.9 Å². The van der Waals surface area contributed by atoms with Crippen LogP contribution in [-0.4, -0.2) is 21.1 Å². The van der Waals surface area contributed by atoms with Gasteiger partial charge in [0.05, 0.1) is 6.42 Å². The summed E-state index contributed by atoms with van der Waals surface area (Å²) >= 11 is 0. The van der Waals surface area contributed by atoms with Crippen molar-refractivity contribution in [3.63, 3.8) is 0 Å². The van der Waals surface area contributed by atoms with Crippen molar-refractivity contribution in [1.29, 1.82) is 0 Å². The lowest BCUT2D eigenvalue weighted by molar-refractivity contribution is -0.115. The molecule has 0 fully saturated rings. The summed E-state index contributed by atoms with van der Waals surface area (Å²) in [7, 11) is 0. The van der Waals surface area contributed by atoms with Crippen LogP contribution in [0.1, 0.15) is 11.1 Å². The molecule has 6 nitrogen and oxygen atoms in total. The molecule has 0 aliphatic heterocycles. The third kappa shape index (κ3) is 5.07. The standard InChI is InChI=1S/C18H16FN5O/c19-15-5-3-13(4-6-15)10-18(25)22-17-8-7-16(23-24-17)21-12-14-2-1-9-20-11-14/h1-9,11H,10,12H2,(H,21,23)(H,22,24,25). The van der Waals surface area contributed by atoms with Gasteiger partial charge in [-0.3, -0.25) is 9.78 Å². The van der Waals surface area contributed by atoms with Gasteiger partial charge in [0.2, 0.25) is 5.91 Å². The Balaban J connectivity index is 1.51. The number of nitrogens with one attached hydrogen (secondary N) is 2. The van der Waals surface area contributed by atoms with E-state index in [-0.39, 0.29) is 18.1 Å². The maximum absolute atomic E-state index is 12.9. The van der Waals surface area contributed by atoms with Gasteiger partial charge >= 0.3 is 0 Å². The SMILES string of the molecule is O=C(Cc1ccc(F)cc1)Nc1ccc(NCc2cccnc2)nn1. The van der Waals surface area contributed by atoms with Crippen molar-refractivity contribution in [2.75, 3.05) is 10.6 Å². The van der Waals surface area contributed by atoms with Crippen molar-refractivity contribution < 1.29 is 9.18 Å². The smallest absolute Gasteiger partial charge is 0.229 e. The number of benzene rings is 1. The molecule has 0 saturated heterocycles. The molecule has 0 aliphatic carbocycles. The molecule has 1 aromatic carbocycles. The van der Waals surface area contributed by atoms with Crippen LogP contribution in [0.2, 0.25) is 0 Å². The van der Waals surface area contributed by atoms with E-state index in [0.29, 0.717) is 18.2 Å². The van der Waals surface area contributed by atoms with E-state index in [1.54, 1.807) is 36.7 Å². The van der Waals surface area contributed by atoms with Gasteiger partial charge < -0.3 is 10.6 Å². The summed E-state index contributed by atoms with van der Waals surface area (Å²) in [6, 6.07) is 13.0. The fourth-order valence-corrected chi connectivity index (χ4v) is 2.16. The summed E-state index contributed by atoms with van der Waals surface area (Å²) in [5, 5.41) is 13.8. The summed E-state index contributed by atoms with van der Waals surface area (Å²) in [5.41, 5.74) is 1.75. The summed E-state index contributed by atoms with van der Waals surface area (Å²) in [6.45, 7) is 0.582. The minimum atomic E-state index is -0.329. The molecule has 2 aromatic heterocycles. The Morgan fingerprint density at radius 1 is 0.960 bits per heavy atom. The van der Waals surface area contributed by atoms with E-state index in [1.807, 2.05) is 12.1 Å². The topological polar surface area (TPSA) is 79.8 Å². The first kappa shape index (κ1) is 16.5. The fourth-order valence-electron chi connectivity index (χ4n) is 2.16. The van der Waals surface area contributed by atoms with E-state index in [2.05, 4.69) is 25.8 Å². The molecule has 7 heteroatoms. The second-order valence-electron chi connectivity index (χ2n) is 5.37. The Labute approximate surface area is 144 Å². The number of amides is 1. The predicted molar refractivity (Wildman–Crippen MR) is 92.3 cm³/mol. The van der Waals surface area contributed by atoms with E-state index in [0.717, 1.165) is 11.1 Å². The average Bonchev–Trinajstić information content (AvgIpc) is 2.64. The zero-order chi connectivity index (χ0) is 17.5. The van der Waals surface area contributed by atoms with Crippen LogP contribution in [-0.2, 0) is 17.8 Å². The van der Waals surface area contributed by atoms with E-state index >= 15 is 0 Å². The number of carbonyl (C=O) groups is 1. The Kier molecular flexibility index (Phi) is 5.26. The zero-order valence-electron chi connectivity index (χ0n) is 13.3. The van der Waals surface area contributed by atoms with Gasteiger partial charge in [-0.25, -0.2) is 4.39 Å². The molecule has 0 saturated carbocycles. The lowest BCUT2D eigenvalue weighted by Gasteiger charge is -2.07. The van der Waals surface area contributed by atoms with E-state index in [1.165, 1.54) is 12.1 Å². The van der Waals surface area contributed by atoms with E-state index < -0.39 is 0 Å². The Morgan fingerprint density at radius 2 is 1.72 bits per heavy atom. The van der Waals surface area contributed by atoms with Crippen molar-refractivity contribution in [3.05, 3.63) is 77.9 Å². The lowest BCUT2D eigenvalue weighted by atomic mass is 10.1. The summed E-state index contributed by atoms with van der Waals surface area (Å²) in [4.78, 5) is 16.0. The van der Waals surface area contributed by atoms with Crippen molar-refractivity contribution in [2.24, 2.45) is 0 Å². The third-order valence-corrected chi connectivity index (χ3v) is 3.41. The molecule has 2 heterocycles. The second-order valence-corrected chi connectivity index (χ2v) is 5.37. The highest BCUT2D eigenvalue weighted by molar-refractivity contribution is 5.91. The molecule has 3 rings (SSSR count). The molecule has 0 aliphatic rings. The van der Waals surface area contributed by atoms with Crippen molar-refractivity contribution >= 4 is 17.5 Å². The van der Waals surface area contributed by atoms with Crippen molar-refractivity contribution in [1.82, 2.24) is 15.2 Å². The van der Waals surface area contributed by atoms with Crippen LogP contribution in [0, 0.1) is 5.82 Å². The predicted octanol–water partition coefficient (Wildman–Crippen LogP) is 2.80. The van der Waals surface area contributed by atoms with Gasteiger partial charge in [-0.2, -0.15) is 0 Å². The quantitative estimate of drug-likeness (QED) is 0.723. The maximum Gasteiger partial charge on any atom is 0.229 e. The van der Waals surface area contributed by atoms with Gasteiger partial charge in [-0.15, -0.1) is 10.2 Å². The molecule has 0 radical (unpaired) electrons. The fraction of sp³-hybridized carbons (Fsp3) is 0.111. The summed E-state index contributed by atoms with van der Waals surface area (Å²) in [5.74, 6) is 0.390. The summed E-state index contributed by atoms with van der Waals surface area (Å²) in [6.07, 6.45) is 3.63. The number of hydrogen-bond acceptors (Lipinski definition) is 5. The number of carbonyl (C=O) groups excluding carboxylic acids is 1. The molecule has 3 aromatic rings. The molecular formula is C18H16FN5O. The third-order valence-electron chi connectivity index (χ3n) is 3.41. The number of nitrogens with zero attached hydrogens (tertiary/aromatic N) is 3. The van der Waals surface area contributed by atoms with Crippen LogP contribution in [0.3, 0.4) is 0 Å². The zero-order valence-corrected chi connectivity index (χ0v) is 13.3. The minimum Gasteiger partial charge on any atom is -0.364 e. The number of halogens is 1. The summed E-state index contributed by atoms with van der Waals surface area (Å²) < 4.78 is 12.9. The molecule has 0 bridgehead atoms. The van der Waals surface area contributed by atoms with Crippen molar-refractivity contribution in [3.8, 4) is 0 Å². The highest BCUT2D eigenvalue weighted by Gasteiger charge is 2.06. The maximum atomic E-state index is 12.9. The van der Waals surface area contributed by atoms with Crippen LogP contribution in [0.5, 0.6) is 0 Å². The van der Waals surface area contributed by atoms with Crippen molar-refractivity contribution in [2.45, 2.75) is 13.0 Å². The normalized spacial score (nSPS) is 10.3. The number of aromatic nitrogens is 3. The highest BCUT2D eigenvalue weighted by Crippen LogP contribution is 2.09. The van der Waals surface area contributed by atoms with Gasteiger partial charge in [0.25, 0.3) is 0 Å². The Morgan fingerprint density at radius 3 is 2.40 bits per heavy atom. The van der Waals surface area contributed by atoms with Crippen LogP contribution < -0.4 is 10.6 Å². The first-order chi connectivity index (χ1) is 12.2. The monoisotopic (exact) mass is 337 g/mol. The number of hydrogen-bond donors (Lipinski definition) is 2. The molecule has 2 N–H and O–H groups in total. The Bertz CT molecular complexity index is 822. The molecular weight excluding hydrogens is 321 g/mol. The molecule has 25 heavy (non-hydrogen) atoms. The molecule has 0 spiro atoms. The van der Waals surface area contributed by atoms with E-state index in [4.69, 9.17) is 0 Å². The first-order valence-corrected chi connectivity index (χ1v) is 7.70.